The number of rotatable bonds is 8. The summed E-state index contributed by atoms with van der Waals surface area (Å²) in [5.41, 5.74) is 3.85. The molecule has 4 heterocycles. The highest BCUT2D eigenvalue weighted by Crippen LogP contribution is 2.49. The minimum atomic E-state index is -0.345. The molecule has 34 heavy (non-hydrogen) atoms. The number of carbonyl (C=O) groups is 2. The zero-order valence-electron chi connectivity index (χ0n) is 19.2. The van der Waals surface area contributed by atoms with Gasteiger partial charge in [-0.05, 0) is 49.4 Å². The number of hydrogen-bond acceptors (Lipinski definition) is 8. The predicted octanol–water partition coefficient (Wildman–Crippen LogP) is 3.61. The Balaban J connectivity index is 1.45. The fraction of sp³-hybridized carbons (Fsp3) is 0.417. The molecule has 178 valence electrons. The number of thiophene rings is 1. The zero-order chi connectivity index (χ0) is 23.7. The Labute approximate surface area is 201 Å². The minimum absolute atomic E-state index is 0.157. The average molecular weight is 483 g/mol. The molecule has 1 aliphatic carbocycles. The van der Waals surface area contributed by atoms with E-state index in [-0.39, 0.29) is 11.9 Å². The number of amides is 1. The first-order valence-electron chi connectivity index (χ1n) is 11.4. The lowest BCUT2D eigenvalue weighted by Gasteiger charge is -2.18. The van der Waals surface area contributed by atoms with Gasteiger partial charge in [0.15, 0.2) is 10.8 Å². The quantitative estimate of drug-likeness (QED) is 0.453. The van der Waals surface area contributed by atoms with E-state index in [1.54, 1.807) is 30.2 Å². The number of pyridine rings is 1. The summed E-state index contributed by atoms with van der Waals surface area (Å²) in [6.07, 6.45) is 6.50. The number of aromatic nitrogens is 3. The molecule has 1 saturated heterocycles. The third-order valence-corrected chi connectivity index (χ3v) is 7.13. The summed E-state index contributed by atoms with van der Waals surface area (Å²) in [6, 6.07) is 3.56. The molecule has 0 unspecified atom stereocenters. The van der Waals surface area contributed by atoms with Crippen molar-refractivity contribution >= 4 is 23.2 Å². The first kappa shape index (κ1) is 22.4. The standard InChI is InChI=1S/C24H26N4O5S/c1-3-31-23(30)21-16-9-8-15-14-26-27(2)20(15)19(16)24(34-21)33-17-6-4-10-25-22(17)32-13-12-28-11-5-7-18(28)29/h4,6,10,14H,3,5,7-9,11-13H2,1-2H3. The topological polar surface area (TPSA) is 95.8 Å². The van der Waals surface area contributed by atoms with E-state index in [9.17, 15) is 9.59 Å². The molecule has 0 bridgehead atoms. The summed E-state index contributed by atoms with van der Waals surface area (Å²) in [4.78, 5) is 31.3. The Hall–Kier alpha value is -3.40. The largest absolute Gasteiger partial charge is 0.473 e. The van der Waals surface area contributed by atoms with E-state index in [1.807, 2.05) is 17.9 Å². The number of nitrogens with zero attached hydrogens (tertiary/aromatic N) is 4. The third kappa shape index (κ3) is 4.13. The summed E-state index contributed by atoms with van der Waals surface area (Å²) in [6.45, 7) is 3.69. The molecule has 5 rings (SSSR count). The third-order valence-electron chi connectivity index (χ3n) is 6.04. The van der Waals surface area contributed by atoms with Gasteiger partial charge in [0.25, 0.3) is 5.88 Å². The number of aryl methyl sites for hydroxylation is 2. The van der Waals surface area contributed by atoms with E-state index in [4.69, 9.17) is 14.2 Å². The second kappa shape index (κ2) is 9.46. The number of carbonyl (C=O) groups excluding carboxylic acids is 2. The van der Waals surface area contributed by atoms with Crippen LogP contribution in [0.4, 0.5) is 0 Å². The molecule has 1 amide bonds. The van der Waals surface area contributed by atoms with E-state index in [1.165, 1.54) is 11.3 Å². The highest BCUT2D eigenvalue weighted by atomic mass is 32.1. The molecule has 0 radical (unpaired) electrons. The Morgan fingerprint density at radius 1 is 1.26 bits per heavy atom. The first-order valence-corrected chi connectivity index (χ1v) is 12.3. The van der Waals surface area contributed by atoms with Gasteiger partial charge in [0.05, 0.1) is 30.6 Å². The molecule has 3 aromatic rings. The smallest absolute Gasteiger partial charge is 0.348 e. The number of fused-ring (bicyclic) bond motifs is 3. The van der Waals surface area contributed by atoms with Crippen LogP contribution in [0.5, 0.6) is 16.7 Å². The van der Waals surface area contributed by atoms with Gasteiger partial charge in [0, 0.05) is 26.2 Å². The summed E-state index contributed by atoms with van der Waals surface area (Å²) in [7, 11) is 1.89. The van der Waals surface area contributed by atoms with Crippen molar-refractivity contribution in [1.29, 1.82) is 0 Å². The molecule has 2 aliphatic rings. The molecule has 1 fully saturated rings. The fourth-order valence-electron chi connectivity index (χ4n) is 4.46. The number of hydrogen-bond donors (Lipinski definition) is 0. The summed E-state index contributed by atoms with van der Waals surface area (Å²) in [5, 5.41) is 5.00. The van der Waals surface area contributed by atoms with E-state index >= 15 is 0 Å². The maximum Gasteiger partial charge on any atom is 0.348 e. The van der Waals surface area contributed by atoms with Crippen molar-refractivity contribution in [2.24, 2.45) is 7.05 Å². The van der Waals surface area contributed by atoms with Crippen LogP contribution in [0.3, 0.4) is 0 Å². The van der Waals surface area contributed by atoms with Crippen molar-refractivity contribution in [3.63, 3.8) is 0 Å². The van der Waals surface area contributed by atoms with E-state index < -0.39 is 0 Å². The van der Waals surface area contributed by atoms with Crippen LogP contribution in [0.2, 0.25) is 0 Å². The Morgan fingerprint density at radius 2 is 2.15 bits per heavy atom. The second-order valence-corrected chi connectivity index (χ2v) is 9.16. The lowest BCUT2D eigenvalue weighted by atomic mass is 9.91. The highest BCUT2D eigenvalue weighted by Gasteiger charge is 2.32. The van der Waals surface area contributed by atoms with Crippen LogP contribution in [0, 0.1) is 0 Å². The SMILES string of the molecule is CCOC(=O)c1sc(Oc2cccnc2OCCN2CCCC2=O)c2c1CCc1cnn(C)c1-2. The monoisotopic (exact) mass is 482 g/mol. The van der Waals surface area contributed by atoms with Crippen LogP contribution >= 0.6 is 11.3 Å². The second-order valence-electron chi connectivity index (χ2n) is 8.18. The fourth-order valence-corrected chi connectivity index (χ4v) is 5.56. The molecule has 0 saturated carbocycles. The highest BCUT2D eigenvalue weighted by molar-refractivity contribution is 7.16. The maximum absolute atomic E-state index is 12.7. The summed E-state index contributed by atoms with van der Waals surface area (Å²) < 4.78 is 19.4. The molecule has 0 aromatic carbocycles. The number of likely N-dealkylation sites (tertiary alicyclic amines) is 1. The van der Waals surface area contributed by atoms with Crippen LogP contribution in [0.25, 0.3) is 11.3 Å². The Morgan fingerprint density at radius 3 is 2.94 bits per heavy atom. The molecule has 0 N–H and O–H groups in total. The van der Waals surface area contributed by atoms with Gasteiger partial charge in [0.2, 0.25) is 5.91 Å². The lowest BCUT2D eigenvalue weighted by Crippen LogP contribution is -2.29. The Kier molecular flexibility index (Phi) is 6.23. The van der Waals surface area contributed by atoms with Crippen LogP contribution in [-0.2, 0) is 29.4 Å². The van der Waals surface area contributed by atoms with Gasteiger partial charge in [-0.25, -0.2) is 9.78 Å². The van der Waals surface area contributed by atoms with Crippen molar-refractivity contribution in [2.75, 3.05) is 26.3 Å². The zero-order valence-corrected chi connectivity index (χ0v) is 20.0. The van der Waals surface area contributed by atoms with Gasteiger partial charge in [-0.2, -0.15) is 5.10 Å². The number of esters is 1. The van der Waals surface area contributed by atoms with Gasteiger partial charge < -0.3 is 19.1 Å². The van der Waals surface area contributed by atoms with Gasteiger partial charge >= 0.3 is 5.97 Å². The van der Waals surface area contributed by atoms with E-state index in [2.05, 4.69) is 10.1 Å². The van der Waals surface area contributed by atoms with Crippen molar-refractivity contribution in [3.05, 3.63) is 40.5 Å². The molecule has 10 heteroatoms. The summed E-state index contributed by atoms with van der Waals surface area (Å²) in [5.74, 6) is 0.603. The van der Waals surface area contributed by atoms with E-state index in [0.29, 0.717) is 54.2 Å². The normalized spacial score (nSPS) is 14.6. The van der Waals surface area contributed by atoms with Crippen molar-refractivity contribution < 1.29 is 23.8 Å². The van der Waals surface area contributed by atoms with Gasteiger partial charge in [-0.3, -0.25) is 9.48 Å². The molecule has 0 spiro atoms. The summed E-state index contributed by atoms with van der Waals surface area (Å²) >= 11 is 1.27. The Bertz CT molecular complexity index is 1230. The van der Waals surface area contributed by atoms with Crippen molar-refractivity contribution in [1.82, 2.24) is 19.7 Å². The van der Waals surface area contributed by atoms with Gasteiger partial charge in [-0.1, -0.05) is 11.3 Å². The maximum atomic E-state index is 12.7. The van der Waals surface area contributed by atoms with E-state index in [0.717, 1.165) is 41.8 Å². The van der Waals surface area contributed by atoms with Crippen LogP contribution in [-0.4, -0.2) is 57.8 Å². The molecular formula is C24H26N4O5S. The van der Waals surface area contributed by atoms with Crippen molar-refractivity contribution in [2.45, 2.75) is 32.6 Å². The molecule has 0 atom stereocenters. The minimum Gasteiger partial charge on any atom is -0.473 e. The average Bonchev–Trinajstić information content (AvgIpc) is 3.52. The molecular weight excluding hydrogens is 456 g/mol. The van der Waals surface area contributed by atoms with Crippen LogP contribution in [0.1, 0.15) is 40.6 Å². The van der Waals surface area contributed by atoms with Gasteiger partial charge in [-0.15, -0.1) is 0 Å². The number of ether oxygens (including phenoxy) is 3. The first-order chi connectivity index (χ1) is 16.6. The molecule has 1 aliphatic heterocycles. The predicted molar refractivity (Wildman–Crippen MR) is 126 cm³/mol. The van der Waals surface area contributed by atoms with Crippen LogP contribution in [0.15, 0.2) is 24.5 Å². The van der Waals surface area contributed by atoms with Crippen molar-refractivity contribution in [3.8, 4) is 28.0 Å². The lowest BCUT2D eigenvalue weighted by molar-refractivity contribution is -0.128. The molecule has 9 nitrogen and oxygen atoms in total. The van der Waals surface area contributed by atoms with Gasteiger partial charge in [0.1, 0.15) is 11.5 Å². The molecule has 3 aromatic heterocycles. The van der Waals surface area contributed by atoms with Crippen LogP contribution < -0.4 is 9.47 Å².